The van der Waals surface area contributed by atoms with E-state index in [1.165, 1.54) is 5.56 Å². The third-order valence-corrected chi connectivity index (χ3v) is 4.04. The Morgan fingerprint density at radius 3 is 2.33 bits per heavy atom. The molecule has 0 radical (unpaired) electrons. The van der Waals surface area contributed by atoms with Crippen LogP contribution in [0, 0.1) is 25.7 Å². The molecule has 3 nitrogen and oxygen atoms in total. The average molecular weight is 292 g/mol. The molecule has 0 fully saturated rings. The Hall–Kier alpha value is -1.09. The fourth-order valence-electron chi connectivity index (χ4n) is 2.51. The van der Waals surface area contributed by atoms with E-state index in [1.807, 2.05) is 13.1 Å². The van der Waals surface area contributed by atoms with Crippen LogP contribution in [0.3, 0.4) is 0 Å². The predicted octanol–water partition coefficient (Wildman–Crippen LogP) is 3.91. The van der Waals surface area contributed by atoms with Gasteiger partial charge in [0.1, 0.15) is 5.75 Å². The summed E-state index contributed by atoms with van der Waals surface area (Å²) in [6.45, 7) is 16.4. The largest absolute Gasteiger partial charge is 0.496 e. The lowest BCUT2D eigenvalue weighted by molar-refractivity contribution is 0.309. The molecule has 0 amide bonds. The molecule has 0 saturated carbocycles. The summed E-state index contributed by atoms with van der Waals surface area (Å²) in [5.41, 5.74) is 3.60. The van der Waals surface area contributed by atoms with Crippen LogP contribution < -0.4 is 10.1 Å². The molecule has 0 spiro atoms. The minimum Gasteiger partial charge on any atom is -0.496 e. The van der Waals surface area contributed by atoms with Gasteiger partial charge in [0.25, 0.3) is 0 Å². The van der Waals surface area contributed by atoms with Crippen molar-refractivity contribution >= 4 is 0 Å². The summed E-state index contributed by atoms with van der Waals surface area (Å²) in [6.07, 6.45) is 2.92. The van der Waals surface area contributed by atoms with E-state index in [4.69, 9.17) is 4.74 Å². The Labute approximate surface area is 130 Å². The zero-order valence-corrected chi connectivity index (χ0v) is 15.0. The van der Waals surface area contributed by atoms with E-state index in [0.717, 1.165) is 30.0 Å². The minimum absolute atomic E-state index is 0.153. The van der Waals surface area contributed by atoms with Gasteiger partial charge in [0.2, 0.25) is 0 Å². The third-order valence-electron chi connectivity index (χ3n) is 4.04. The topological polar surface area (TPSA) is 34.1 Å². The van der Waals surface area contributed by atoms with Gasteiger partial charge >= 0.3 is 0 Å². The summed E-state index contributed by atoms with van der Waals surface area (Å²) in [5, 5.41) is 3.62. The molecule has 0 aliphatic carbocycles. The molecule has 1 aromatic rings. The van der Waals surface area contributed by atoms with E-state index in [1.54, 1.807) is 7.11 Å². The van der Waals surface area contributed by atoms with Gasteiger partial charge in [-0.15, -0.1) is 0 Å². The summed E-state index contributed by atoms with van der Waals surface area (Å²) in [7, 11) is 1.74. The van der Waals surface area contributed by atoms with Crippen LogP contribution in [0.5, 0.6) is 5.75 Å². The number of pyridine rings is 1. The lowest BCUT2D eigenvalue weighted by atomic mass is 9.88. The van der Waals surface area contributed by atoms with Crippen molar-refractivity contribution in [3.05, 3.63) is 23.0 Å². The third kappa shape index (κ3) is 5.31. The van der Waals surface area contributed by atoms with Crippen molar-refractivity contribution in [2.24, 2.45) is 11.8 Å². The maximum atomic E-state index is 5.52. The highest BCUT2D eigenvalue weighted by molar-refractivity contribution is 5.41. The molecule has 0 aliphatic rings. The van der Waals surface area contributed by atoms with Gasteiger partial charge in [-0.3, -0.25) is 4.98 Å². The summed E-state index contributed by atoms with van der Waals surface area (Å²) in [4.78, 5) is 4.65. The van der Waals surface area contributed by atoms with Crippen molar-refractivity contribution in [2.75, 3.05) is 13.7 Å². The van der Waals surface area contributed by atoms with Crippen molar-refractivity contribution < 1.29 is 4.74 Å². The maximum Gasteiger partial charge on any atom is 0.128 e. The Bertz CT molecular complexity index is 461. The summed E-state index contributed by atoms with van der Waals surface area (Å²) in [5.74, 6) is 2.17. The zero-order valence-electron chi connectivity index (χ0n) is 15.0. The molecule has 1 heterocycles. The summed E-state index contributed by atoms with van der Waals surface area (Å²) < 4.78 is 5.52. The Kier molecular flexibility index (Phi) is 6.21. The Morgan fingerprint density at radius 2 is 1.86 bits per heavy atom. The van der Waals surface area contributed by atoms with Crippen molar-refractivity contribution in [1.29, 1.82) is 0 Å². The Morgan fingerprint density at radius 1 is 1.24 bits per heavy atom. The van der Waals surface area contributed by atoms with Gasteiger partial charge in [0.05, 0.1) is 7.11 Å². The molecule has 1 rings (SSSR count). The average Bonchev–Trinajstić information content (AvgIpc) is 2.35. The van der Waals surface area contributed by atoms with Crippen LogP contribution in [0.4, 0.5) is 0 Å². The molecule has 1 N–H and O–H groups in total. The number of aryl methyl sites for hydroxylation is 1. The number of methoxy groups -OCH3 is 1. The highest BCUT2D eigenvalue weighted by atomic mass is 16.5. The van der Waals surface area contributed by atoms with Crippen molar-refractivity contribution in [3.63, 3.8) is 0 Å². The molecular formula is C18H32N2O. The standard InChI is InChI=1S/C18H32N2O/c1-12(2)15(11-20-18(5,6)7)9-16-14(4)17(21-8)13(3)10-19-16/h10,12,15,20H,9,11H2,1-8H3. The molecule has 0 aliphatic heterocycles. The van der Waals surface area contributed by atoms with E-state index in [9.17, 15) is 0 Å². The van der Waals surface area contributed by atoms with Crippen LogP contribution in [0.15, 0.2) is 6.20 Å². The van der Waals surface area contributed by atoms with Crippen LogP contribution in [0.25, 0.3) is 0 Å². The van der Waals surface area contributed by atoms with Crippen molar-refractivity contribution in [1.82, 2.24) is 10.3 Å². The van der Waals surface area contributed by atoms with Crippen LogP contribution in [0.2, 0.25) is 0 Å². The first-order chi connectivity index (χ1) is 9.65. The fourth-order valence-corrected chi connectivity index (χ4v) is 2.51. The molecule has 0 saturated heterocycles. The monoisotopic (exact) mass is 292 g/mol. The van der Waals surface area contributed by atoms with Crippen LogP contribution in [-0.2, 0) is 6.42 Å². The SMILES string of the molecule is COc1c(C)cnc(CC(CNC(C)(C)C)C(C)C)c1C. The molecule has 1 aromatic heterocycles. The van der Waals surface area contributed by atoms with E-state index in [2.05, 4.69) is 51.8 Å². The first-order valence-corrected chi connectivity index (χ1v) is 7.89. The molecule has 0 aromatic carbocycles. The van der Waals surface area contributed by atoms with Gasteiger partial charge < -0.3 is 10.1 Å². The first kappa shape index (κ1) is 18.0. The highest BCUT2D eigenvalue weighted by Gasteiger charge is 2.20. The van der Waals surface area contributed by atoms with Crippen molar-refractivity contribution in [3.8, 4) is 5.75 Å². The van der Waals surface area contributed by atoms with E-state index in [-0.39, 0.29) is 5.54 Å². The van der Waals surface area contributed by atoms with Gasteiger partial charge in [-0.1, -0.05) is 13.8 Å². The highest BCUT2D eigenvalue weighted by Crippen LogP contribution is 2.27. The lowest BCUT2D eigenvalue weighted by Crippen LogP contribution is -2.40. The van der Waals surface area contributed by atoms with E-state index < -0.39 is 0 Å². The molecular weight excluding hydrogens is 260 g/mol. The van der Waals surface area contributed by atoms with Crippen LogP contribution >= 0.6 is 0 Å². The summed E-state index contributed by atoms with van der Waals surface area (Å²) in [6, 6.07) is 0. The van der Waals surface area contributed by atoms with Gasteiger partial charge in [-0.05, 0) is 59.4 Å². The second-order valence-corrected chi connectivity index (χ2v) is 7.39. The number of hydrogen-bond acceptors (Lipinski definition) is 3. The second kappa shape index (κ2) is 7.26. The number of aromatic nitrogens is 1. The molecule has 3 heteroatoms. The van der Waals surface area contributed by atoms with Gasteiger partial charge in [0.15, 0.2) is 0 Å². The number of ether oxygens (including phenoxy) is 1. The van der Waals surface area contributed by atoms with Gasteiger partial charge in [-0.2, -0.15) is 0 Å². The predicted molar refractivity (Wildman–Crippen MR) is 90.1 cm³/mol. The number of hydrogen-bond donors (Lipinski definition) is 1. The molecule has 120 valence electrons. The minimum atomic E-state index is 0.153. The molecule has 0 bridgehead atoms. The normalized spacial score (nSPS) is 13.6. The molecule has 1 atom stereocenters. The maximum absolute atomic E-state index is 5.52. The number of rotatable bonds is 6. The van der Waals surface area contributed by atoms with E-state index >= 15 is 0 Å². The second-order valence-electron chi connectivity index (χ2n) is 7.39. The van der Waals surface area contributed by atoms with E-state index in [0.29, 0.717) is 11.8 Å². The van der Waals surface area contributed by atoms with Crippen LogP contribution in [-0.4, -0.2) is 24.2 Å². The lowest BCUT2D eigenvalue weighted by Gasteiger charge is -2.28. The van der Waals surface area contributed by atoms with Crippen molar-refractivity contribution in [2.45, 2.75) is 60.4 Å². The Balaban J connectivity index is 2.90. The molecule has 21 heavy (non-hydrogen) atoms. The fraction of sp³-hybridized carbons (Fsp3) is 0.722. The number of nitrogens with one attached hydrogen (secondary N) is 1. The van der Waals surface area contributed by atoms with Gasteiger partial charge in [-0.25, -0.2) is 0 Å². The zero-order chi connectivity index (χ0) is 16.2. The van der Waals surface area contributed by atoms with Crippen LogP contribution in [0.1, 0.15) is 51.4 Å². The summed E-state index contributed by atoms with van der Waals surface area (Å²) >= 11 is 0. The smallest absolute Gasteiger partial charge is 0.128 e. The van der Waals surface area contributed by atoms with Gasteiger partial charge in [0, 0.05) is 28.6 Å². The first-order valence-electron chi connectivity index (χ1n) is 7.89. The molecule has 1 unspecified atom stereocenters. The quantitative estimate of drug-likeness (QED) is 0.863. The number of nitrogens with zero attached hydrogens (tertiary/aromatic N) is 1.